The first-order valence-corrected chi connectivity index (χ1v) is 9.26. The molecule has 0 nitrogen and oxygen atoms in total. The highest BCUT2D eigenvalue weighted by molar-refractivity contribution is 5.80. The summed E-state index contributed by atoms with van der Waals surface area (Å²) in [5.74, 6) is 0.450. The van der Waals surface area contributed by atoms with E-state index in [0.717, 1.165) is 0 Å². The van der Waals surface area contributed by atoms with Crippen molar-refractivity contribution < 1.29 is 0 Å². The van der Waals surface area contributed by atoms with Crippen LogP contribution in [-0.2, 0) is 0 Å². The molecule has 4 rings (SSSR count). The Morgan fingerprint density at radius 3 is 1.73 bits per heavy atom. The summed E-state index contributed by atoms with van der Waals surface area (Å²) in [6.07, 6.45) is 0. The average molecular weight is 336 g/mol. The van der Waals surface area contributed by atoms with E-state index in [9.17, 15) is 0 Å². The Hall–Kier alpha value is -2.82. The predicted octanol–water partition coefficient (Wildman–Crippen LogP) is 6.78. The van der Waals surface area contributed by atoms with Gasteiger partial charge in [-0.1, -0.05) is 104 Å². The van der Waals surface area contributed by atoms with Crippen molar-refractivity contribution in [2.24, 2.45) is 5.41 Å². The highest BCUT2D eigenvalue weighted by Crippen LogP contribution is 2.63. The van der Waals surface area contributed by atoms with Crippen LogP contribution in [0.25, 0.3) is 5.57 Å². The third-order valence-corrected chi connectivity index (χ3v) is 5.42. The zero-order valence-electron chi connectivity index (χ0n) is 15.7. The first-order chi connectivity index (χ1) is 12.6. The van der Waals surface area contributed by atoms with E-state index in [1.807, 2.05) is 0 Å². The van der Waals surface area contributed by atoms with Gasteiger partial charge in [-0.15, -0.1) is 5.73 Å². The normalized spacial score (nSPS) is 17.5. The molecule has 0 amide bonds. The van der Waals surface area contributed by atoms with Crippen LogP contribution in [0.2, 0.25) is 0 Å². The van der Waals surface area contributed by atoms with Crippen LogP contribution in [0.5, 0.6) is 0 Å². The van der Waals surface area contributed by atoms with Gasteiger partial charge in [-0.05, 0) is 29.2 Å². The highest BCUT2D eigenvalue weighted by atomic mass is 14.5. The largest absolute Gasteiger partial charge is 0.111 e. The molecular weight excluding hydrogens is 312 g/mol. The van der Waals surface area contributed by atoms with E-state index in [1.165, 1.54) is 33.4 Å². The number of aryl methyl sites for hydroxylation is 1. The number of hydrogen-bond donors (Lipinski definition) is 0. The summed E-state index contributed by atoms with van der Waals surface area (Å²) in [5.41, 5.74) is 11.7. The zero-order valence-corrected chi connectivity index (χ0v) is 15.7. The Morgan fingerprint density at radius 1 is 0.731 bits per heavy atom. The molecule has 0 heterocycles. The summed E-state index contributed by atoms with van der Waals surface area (Å²) in [7, 11) is 0. The summed E-state index contributed by atoms with van der Waals surface area (Å²) in [5, 5.41) is 0. The van der Waals surface area contributed by atoms with Gasteiger partial charge in [0.2, 0.25) is 0 Å². The summed E-state index contributed by atoms with van der Waals surface area (Å²) in [6.45, 7) is 6.79. The molecule has 1 saturated carbocycles. The molecular formula is C26H24. The molecule has 1 fully saturated rings. The van der Waals surface area contributed by atoms with E-state index in [-0.39, 0.29) is 5.41 Å². The molecule has 1 unspecified atom stereocenters. The molecule has 3 aromatic carbocycles. The van der Waals surface area contributed by atoms with Gasteiger partial charge in [0, 0.05) is 16.9 Å². The molecule has 0 saturated heterocycles. The van der Waals surface area contributed by atoms with Crippen LogP contribution in [0.3, 0.4) is 0 Å². The van der Waals surface area contributed by atoms with E-state index >= 15 is 0 Å². The minimum absolute atomic E-state index is 0.157. The van der Waals surface area contributed by atoms with Gasteiger partial charge in [0.1, 0.15) is 0 Å². The Balaban J connectivity index is 1.87. The van der Waals surface area contributed by atoms with Crippen molar-refractivity contribution in [3.05, 3.63) is 118 Å². The van der Waals surface area contributed by atoms with Gasteiger partial charge in [-0.3, -0.25) is 0 Å². The summed E-state index contributed by atoms with van der Waals surface area (Å²) >= 11 is 0. The molecule has 128 valence electrons. The van der Waals surface area contributed by atoms with E-state index in [2.05, 4.69) is 111 Å². The minimum atomic E-state index is 0.157. The topological polar surface area (TPSA) is 0 Å². The van der Waals surface area contributed by atoms with Crippen molar-refractivity contribution in [2.45, 2.75) is 26.7 Å². The van der Waals surface area contributed by atoms with Gasteiger partial charge in [0.15, 0.2) is 0 Å². The monoisotopic (exact) mass is 336 g/mol. The first-order valence-electron chi connectivity index (χ1n) is 9.26. The van der Waals surface area contributed by atoms with Crippen molar-refractivity contribution in [2.75, 3.05) is 0 Å². The van der Waals surface area contributed by atoms with Crippen LogP contribution in [0, 0.1) is 12.3 Å². The number of benzene rings is 3. The van der Waals surface area contributed by atoms with Gasteiger partial charge in [-0.2, -0.15) is 0 Å². The lowest BCUT2D eigenvalue weighted by Gasteiger charge is -2.05. The zero-order chi connectivity index (χ0) is 18.1. The summed E-state index contributed by atoms with van der Waals surface area (Å²) in [4.78, 5) is 0. The van der Waals surface area contributed by atoms with Crippen LogP contribution < -0.4 is 0 Å². The average Bonchev–Trinajstić information content (AvgIpc) is 3.22. The summed E-state index contributed by atoms with van der Waals surface area (Å²) < 4.78 is 0. The van der Waals surface area contributed by atoms with Crippen LogP contribution >= 0.6 is 0 Å². The molecule has 0 aliphatic heterocycles. The fraction of sp³-hybridized carbons (Fsp3) is 0.192. The SMILES string of the molecule is Cc1ccc(C2C(=C=C(c3ccccc3)c3ccccc3)C2(C)C)cc1. The second-order valence-electron chi connectivity index (χ2n) is 7.71. The summed E-state index contributed by atoms with van der Waals surface area (Å²) in [6, 6.07) is 30.2. The van der Waals surface area contributed by atoms with Crippen LogP contribution in [0.4, 0.5) is 0 Å². The van der Waals surface area contributed by atoms with E-state index in [4.69, 9.17) is 0 Å². The Morgan fingerprint density at radius 2 is 1.23 bits per heavy atom. The van der Waals surface area contributed by atoms with Crippen molar-refractivity contribution in [3.8, 4) is 0 Å². The molecule has 0 N–H and O–H groups in total. The van der Waals surface area contributed by atoms with E-state index in [0.29, 0.717) is 5.92 Å². The lowest BCUT2D eigenvalue weighted by Crippen LogP contribution is -1.89. The highest BCUT2D eigenvalue weighted by Gasteiger charge is 2.53. The third-order valence-electron chi connectivity index (χ3n) is 5.42. The van der Waals surface area contributed by atoms with Gasteiger partial charge >= 0.3 is 0 Å². The van der Waals surface area contributed by atoms with Crippen LogP contribution in [0.15, 0.2) is 96.2 Å². The fourth-order valence-corrected chi connectivity index (χ4v) is 3.78. The van der Waals surface area contributed by atoms with Crippen molar-refractivity contribution in [3.63, 3.8) is 0 Å². The molecule has 26 heavy (non-hydrogen) atoms. The van der Waals surface area contributed by atoms with Crippen molar-refractivity contribution in [1.29, 1.82) is 0 Å². The lowest BCUT2D eigenvalue weighted by atomic mass is 9.98. The second kappa shape index (κ2) is 6.48. The third kappa shape index (κ3) is 3.05. The first kappa shape index (κ1) is 16.6. The van der Waals surface area contributed by atoms with E-state index < -0.39 is 0 Å². The van der Waals surface area contributed by atoms with Gasteiger partial charge in [0.05, 0.1) is 0 Å². The maximum Gasteiger partial charge on any atom is 0.0309 e. The molecule has 0 radical (unpaired) electrons. The smallest absolute Gasteiger partial charge is 0.0309 e. The Kier molecular flexibility index (Phi) is 4.15. The van der Waals surface area contributed by atoms with Crippen molar-refractivity contribution >= 4 is 5.57 Å². The standard InChI is InChI=1S/C26H24/c1-19-14-16-22(17-15-19)25-24(26(25,2)3)18-23(20-10-6-4-7-11-20)21-12-8-5-9-13-21/h4-17,25H,1-3H3. The van der Waals surface area contributed by atoms with Crippen LogP contribution in [0.1, 0.15) is 42.0 Å². The molecule has 0 aromatic heterocycles. The maximum absolute atomic E-state index is 3.81. The molecule has 0 spiro atoms. The molecule has 3 aromatic rings. The lowest BCUT2D eigenvalue weighted by molar-refractivity contribution is 0.641. The van der Waals surface area contributed by atoms with Gasteiger partial charge in [-0.25, -0.2) is 0 Å². The number of rotatable bonds is 3. The van der Waals surface area contributed by atoms with E-state index in [1.54, 1.807) is 0 Å². The quantitative estimate of drug-likeness (QED) is 0.463. The van der Waals surface area contributed by atoms with Gasteiger partial charge in [0.25, 0.3) is 0 Å². The molecule has 0 bridgehead atoms. The maximum atomic E-state index is 3.81. The minimum Gasteiger partial charge on any atom is -0.111 e. The van der Waals surface area contributed by atoms with Crippen molar-refractivity contribution in [1.82, 2.24) is 0 Å². The van der Waals surface area contributed by atoms with Gasteiger partial charge < -0.3 is 0 Å². The number of allylic oxidation sites excluding steroid dienone is 1. The number of hydrogen-bond acceptors (Lipinski definition) is 0. The molecule has 1 atom stereocenters. The second-order valence-corrected chi connectivity index (χ2v) is 7.71. The Bertz CT molecular complexity index is 926. The molecule has 1 aliphatic carbocycles. The Labute approximate surface area is 156 Å². The fourth-order valence-electron chi connectivity index (χ4n) is 3.78. The molecule has 0 heteroatoms. The predicted molar refractivity (Wildman–Crippen MR) is 110 cm³/mol. The van der Waals surface area contributed by atoms with Crippen LogP contribution in [-0.4, -0.2) is 0 Å². The molecule has 1 aliphatic rings.